The Hall–Kier alpha value is -3.05. The molecule has 1 aliphatic heterocycles. The molecule has 1 saturated carbocycles. The fourth-order valence-electron chi connectivity index (χ4n) is 6.10. The molecule has 2 aromatic carbocycles. The maximum Gasteiger partial charge on any atom is 0.307 e. The van der Waals surface area contributed by atoms with Gasteiger partial charge in [0.25, 0.3) is 5.91 Å². The van der Waals surface area contributed by atoms with E-state index >= 15 is 4.39 Å². The van der Waals surface area contributed by atoms with E-state index in [0.29, 0.717) is 47.4 Å². The van der Waals surface area contributed by atoms with Crippen LogP contribution < -0.4 is 20.4 Å². The lowest BCUT2D eigenvalue weighted by atomic mass is 10.0. The molecule has 2 aliphatic rings. The number of hydrogen-bond acceptors (Lipinski definition) is 7. The summed E-state index contributed by atoms with van der Waals surface area (Å²) in [5.41, 5.74) is 0.743. The van der Waals surface area contributed by atoms with Crippen LogP contribution in [0.2, 0.25) is 10.0 Å². The normalized spacial score (nSPS) is 18.4. The lowest BCUT2D eigenvalue weighted by Gasteiger charge is -2.45. The number of halogens is 4. The van der Waals surface area contributed by atoms with Crippen molar-refractivity contribution in [3.05, 3.63) is 67.7 Å². The number of fused-ring (bicyclic) bond motifs is 1. The lowest BCUT2D eigenvalue weighted by Crippen LogP contribution is -2.57. The summed E-state index contributed by atoms with van der Waals surface area (Å²) in [5.74, 6) is -1.15. The topological polar surface area (TPSA) is 93.1 Å². The van der Waals surface area contributed by atoms with E-state index < -0.39 is 17.2 Å². The molecule has 1 amide bonds. The van der Waals surface area contributed by atoms with E-state index in [2.05, 4.69) is 10.2 Å². The van der Waals surface area contributed by atoms with E-state index in [9.17, 15) is 14.4 Å². The van der Waals surface area contributed by atoms with Crippen molar-refractivity contribution in [2.45, 2.75) is 64.7 Å². The second-order valence-electron chi connectivity index (χ2n) is 11.5. The number of aromatic nitrogens is 1. The van der Waals surface area contributed by atoms with Crippen LogP contribution >= 0.6 is 35.6 Å². The summed E-state index contributed by atoms with van der Waals surface area (Å²) in [6.07, 6.45) is 3.57. The van der Waals surface area contributed by atoms with Crippen LogP contribution in [-0.4, -0.2) is 66.8 Å². The van der Waals surface area contributed by atoms with E-state index in [4.69, 9.17) is 32.7 Å². The fraction of sp³-hybridized carbons (Fsp3) is 0.469. The number of piperazine rings is 1. The average Bonchev–Trinajstić information content (AvgIpc) is 3.81. The van der Waals surface area contributed by atoms with Gasteiger partial charge in [-0.25, -0.2) is 4.39 Å². The van der Waals surface area contributed by atoms with Crippen LogP contribution in [0.3, 0.4) is 0 Å². The standard InChI is InChI=1S/C32H37Cl2FN4O5.ClH/c1-5-44-27(40)10-11-38-18(2)15-37(16-19(38)3)29-26(35)13-23-28(31(29)43-4)39(22-8-9-22)17-24(30(23)41)32(42)36-14-20-6-7-21(33)12-25(20)34;/h6-7,12-13,17-19,22H,5,8-11,14-16H2,1-4H3,(H,36,42);1H. The van der Waals surface area contributed by atoms with Gasteiger partial charge >= 0.3 is 5.97 Å². The number of hydrogen-bond donors (Lipinski definition) is 1. The molecule has 5 rings (SSSR count). The molecule has 1 aliphatic carbocycles. The van der Waals surface area contributed by atoms with Crippen molar-refractivity contribution in [2.24, 2.45) is 0 Å². The molecule has 45 heavy (non-hydrogen) atoms. The van der Waals surface area contributed by atoms with Gasteiger partial charge in [0.2, 0.25) is 5.43 Å². The van der Waals surface area contributed by atoms with E-state index in [-0.39, 0.29) is 71.9 Å². The number of esters is 1. The van der Waals surface area contributed by atoms with Gasteiger partial charge in [-0.2, -0.15) is 0 Å². The quantitative estimate of drug-likeness (QED) is 0.262. The Kier molecular flexibility index (Phi) is 11.3. The first kappa shape index (κ1) is 34.8. The van der Waals surface area contributed by atoms with Gasteiger partial charge in [-0.1, -0.05) is 29.3 Å². The van der Waals surface area contributed by atoms with Crippen LogP contribution in [0.15, 0.2) is 35.3 Å². The van der Waals surface area contributed by atoms with Crippen LogP contribution in [0.25, 0.3) is 10.9 Å². The Morgan fingerprint density at radius 3 is 2.40 bits per heavy atom. The molecule has 0 radical (unpaired) electrons. The van der Waals surface area contributed by atoms with E-state index in [1.165, 1.54) is 13.2 Å². The number of nitrogens with zero attached hydrogens (tertiary/aromatic N) is 3. The highest BCUT2D eigenvalue weighted by Gasteiger charge is 2.35. The van der Waals surface area contributed by atoms with Crippen molar-refractivity contribution in [2.75, 3.05) is 38.3 Å². The Labute approximate surface area is 277 Å². The summed E-state index contributed by atoms with van der Waals surface area (Å²) in [7, 11) is 1.47. The number of nitrogens with one attached hydrogen (secondary N) is 1. The molecule has 1 saturated heterocycles. The number of carbonyl (C=O) groups is 2. The van der Waals surface area contributed by atoms with Crippen molar-refractivity contribution >= 4 is 64.1 Å². The summed E-state index contributed by atoms with van der Waals surface area (Å²) in [6.45, 7) is 7.83. The molecular weight excluding hydrogens is 646 g/mol. The molecule has 2 atom stereocenters. The molecule has 9 nitrogen and oxygen atoms in total. The number of anilines is 1. The maximum atomic E-state index is 16.1. The Balaban J connectivity index is 0.00000461. The third-order valence-corrected chi connectivity index (χ3v) is 8.93. The first-order valence-corrected chi connectivity index (χ1v) is 15.6. The summed E-state index contributed by atoms with van der Waals surface area (Å²) in [5, 5.41) is 3.72. The molecule has 244 valence electrons. The van der Waals surface area contributed by atoms with Gasteiger partial charge in [-0.05, 0) is 57.4 Å². The third kappa shape index (κ3) is 7.35. The predicted molar refractivity (Wildman–Crippen MR) is 177 cm³/mol. The Morgan fingerprint density at radius 1 is 1.11 bits per heavy atom. The highest BCUT2D eigenvalue weighted by Crippen LogP contribution is 2.44. The van der Waals surface area contributed by atoms with E-state index in [1.54, 1.807) is 31.3 Å². The molecule has 1 N–H and O–H groups in total. The minimum absolute atomic E-state index is 0. The minimum atomic E-state index is -0.598. The Morgan fingerprint density at radius 2 is 1.80 bits per heavy atom. The number of benzene rings is 2. The van der Waals surface area contributed by atoms with Crippen LogP contribution in [0.4, 0.5) is 10.1 Å². The molecular formula is C32H38Cl3FN4O5. The third-order valence-electron chi connectivity index (χ3n) is 8.34. The summed E-state index contributed by atoms with van der Waals surface area (Å²) in [4.78, 5) is 43.1. The number of carbonyl (C=O) groups excluding carboxylic acids is 2. The zero-order valence-electron chi connectivity index (χ0n) is 25.7. The van der Waals surface area contributed by atoms with E-state index in [1.807, 2.05) is 23.3 Å². The van der Waals surface area contributed by atoms with Crippen LogP contribution in [0.1, 0.15) is 62.0 Å². The second-order valence-corrected chi connectivity index (χ2v) is 12.3. The predicted octanol–water partition coefficient (Wildman–Crippen LogP) is 5.99. The molecule has 13 heteroatoms. The molecule has 2 unspecified atom stereocenters. The van der Waals surface area contributed by atoms with Crippen LogP contribution in [0.5, 0.6) is 5.75 Å². The molecule has 0 bridgehead atoms. The number of pyridine rings is 1. The summed E-state index contributed by atoms with van der Waals surface area (Å²) >= 11 is 12.2. The smallest absolute Gasteiger partial charge is 0.307 e. The number of ether oxygens (including phenoxy) is 2. The van der Waals surface area contributed by atoms with Crippen molar-refractivity contribution in [1.29, 1.82) is 0 Å². The molecule has 2 heterocycles. The maximum absolute atomic E-state index is 16.1. The SMILES string of the molecule is CCOC(=O)CCN1C(C)CN(c2c(F)cc3c(=O)c(C(=O)NCc4ccc(Cl)cc4Cl)cn(C4CC4)c3c2OC)CC1C.Cl. The first-order chi connectivity index (χ1) is 21.0. The van der Waals surface area contributed by atoms with Gasteiger partial charge in [0.1, 0.15) is 11.3 Å². The number of rotatable bonds is 10. The average molecular weight is 684 g/mol. The van der Waals surface area contributed by atoms with Crippen molar-refractivity contribution in [1.82, 2.24) is 14.8 Å². The summed E-state index contributed by atoms with van der Waals surface area (Å²) in [6, 6.07) is 6.26. The summed E-state index contributed by atoms with van der Waals surface area (Å²) < 4.78 is 28.9. The zero-order valence-corrected chi connectivity index (χ0v) is 28.0. The molecule has 3 aromatic rings. The molecule has 1 aromatic heterocycles. The second kappa shape index (κ2) is 14.6. The van der Waals surface area contributed by atoms with Crippen molar-refractivity contribution in [3.8, 4) is 5.75 Å². The van der Waals surface area contributed by atoms with E-state index in [0.717, 1.165) is 12.8 Å². The Bertz CT molecular complexity index is 1640. The van der Waals surface area contributed by atoms with Crippen molar-refractivity contribution in [3.63, 3.8) is 0 Å². The van der Waals surface area contributed by atoms with Gasteiger partial charge in [-0.3, -0.25) is 19.3 Å². The molecule has 2 fully saturated rings. The van der Waals surface area contributed by atoms with Gasteiger partial charge in [-0.15, -0.1) is 12.4 Å². The van der Waals surface area contributed by atoms with Crippen molar-refractivity contribution < 1.29 is 23.5 Å². The zero-order chi connectivity index (χ0) is 31.7. The van der Waals surface area contributed by atoms with Gasteiger partial charge in [0.15, 0.2) is 11.6 Å². The van der Waals surface area contributed by atoms with Crippen LogP contribution in [0, 0.1) is 5.82 Å². The molecule has 0 spiro atoms. The van der Waals surface area contributed by atoms with Gasteiger partial charge < -0.3 is 24.3 Å². The number of methoxy groups -OCH3 is 1. The largest absolute Gasteiger partial charge is 0.492 e. The monoisotopic (exact) mass is 682 g/mol. The first-order valence-electron chi connectivity index (χ1n) is 14.9. The van der Waals surface area contributed by atoms with Gasteiger partial charge in [0.05, 0.1) is 31.0 Å². The minimum Gasteiger partial charge on any atom is -0.492 e. The lowest BCUT2D eigenvalue weighted by molar-refractivity contribution is -0.143. The van der Waals surface area contributed by atoms with Gasteiger partial charge in [0, 0.05) is 60.5 Å². The highest BCUT2D eigenvalue weighted by atomic mass is 35.5. The van der Waals surface area contributed by atoms with Crippen LogP contribution in [-0.2, 0) is 16.1 Å². The number of amides is 1. The fourth-order valence-corrected chi connectivity index (χ4v) is 6.58. The highest BCUT2D eigenvalue weighted by molar-refractivity contribution is 6.35.